The first-order valence-electron chi connectivity index (χ1n) is 5.84. The fourth-order valence-electron chi connectivity index (χ4n) is 1.84. The molecule has 0 saturated heterocycles. The molecule has 0 radical (unpaired) electrons. The Morgan fingerprint density at radius 2 is 2.16 bits per heavy atom. The summed E-state index contributed by atoms with van der Waals surface area (Å²) in [7, 11) is 0. The Kier molecular flexibility index (Phi) is 3.42. The van der Waals surface area contributed by atoms with Crippen molar-refractivity contribution < 1.29 is 5.11 Å². The lowest BCUT2D eigenvalue weighted by Gasteiger charge is -2.08. The summed E-state index contributed by atoms with van der Waals surface area (Å²) in [5.74, 6) is 0.655. The molecule has 4 nitrogen and oxygen atoms in total. The number of aliphatic hydroxyl groups is 1. The van der Waals surface area contributed by atoms with Crippen LogP contribution in [0.15, 0.2) is 36.4 Å². The fraction of sp³-hybridized carbons (Fsp3) is 0.154. The Bertz CT molecular complexity index is 661. The van der Waals surface area contributed by atoms with Crippen LogP contribution < -0.4 is 5.32 Å². The zero-order chi connectivity index (χ0) is 13.2. The maximum absolute atomic E-state index is 10.0. The van der Waals surface area contributed by atoms with E-state index in [9.17, 15) is 5.11 Å². The number of hydrogen-bond acceptors (Lipinski definition) is 4. The number of aromatic nitrogens is 2. The molecule has 0 bridgehead atoms. The van der Waals surface area contributed by atoms with Gasteiger partial charge in [-0.2, -0.15) is 0 Å². The van der Waals surface area contributed by atoms with E-state index in [4.69, 9.17) is 11.6 Å². The first kappa shape index (κ1) is 12.5. The number of benzene rings is 1. The molecule has 0 amide bonds. The number of hydrogen-bond donors (Lipinski definition) is 3. The number of aromatic amines is 1. The van der Waals surface area contributed by atoms with Crippen molar-refractivity contribution in [2.75, 3.05) is 11.9 Å². The zero-order valence-electron chi connectivity index (χ0n) is 9.93. The van der Waals surface area contributed by atoms with Crippen LogP contribution in [0.4, 0.5) is 5.95 Å². The van der Waals surface area contributed by atoms with Crippen molar-refractivity contribution in [2.45, 2.75) is 6.10 Å². The number of aliphatic hydroxyl groups excluding tert-OH is 1. The monoisotopic (exact) mass is 293 g/mol. The average molecular weight is 294 g/mol. The van der Waals surface area contributed by atoms with Gasteiger partial charge in [-0.1, -0.05) is 23.7 Å². The Hall–Kier alpha value is -1.56. The molecule has 19 heavy (non-hydrogen) atoms. The number of fused-ring (bicyclic) bond motifs is 1. The lowest BCUT2D eigenvalue weighted by molar-refractivity contribution is 0.195. The predicted molar refractivity (Wildman–Crippen MR) is 78.9 cm³/mol. The second-order valence-corrected chi connectivity index (χ2v) is 5.89. The fourth-order valence-corrected chi connectivity index (χ4v) is 2.88. The average Bonchev–Trinajstić information content (AvgIpc) is 3.01. The van der Waals surface area contributed by atoms with Crippen LogP contribution in [0.1, 0.15) is 11.0 Å². The first-order chi connectivity index (χ1) is 9.22. The van der Waals surface area contributed by atoms with Crippen LogP contribution in [-0.2, 0) is 0 Å². The zero-order valence-corrected chi connectivity index (χ0v) is 11.5. The van der Waals surface area contributed by atoms with E-state index in [1.165, 1.54) is 11.3 Å². The highest BCUT2D eigenvalue weighted by molar-refractivity contribution is 7.16. The third-order valence-corrected chi connectivity index (χ3v) is 4.11. The molecule has 0 aliphatic rings. The van der Waals surface area contributed by atoms with Gasteiger partial charge < -0.3 is 15.4 Å². The minimum Gasteiger partial charge on any atom is -0.386 e. The number of nitrogens with zero attached hydrogens (tertiary/aromatic N) is 1. The van der Waals surface area contributed by atoms with Crippen molar-refractivity contribution in [3.05, 3.63) is 45.6 Å². The summed E-state index contributed by atoms with van der Waals surface area (Å²) in [6.45, 7) is 0.386. The molecule has 0 fully saturated rings. The molecule has 0 aliphatic heterocycles. The van der Waals surface area contributed by atoms with Crippen LogP contribution in [-0.4, -0.2) is 21.6 Å². The number of rotatable bonds is 4. The van der Waals surface area contributed by atoms with Crippen molar-refractivity contribution in [3.8, 4) is 0 Å². The van der Waals surface area contributed by atoms with Crippen LogP contribution in [0, 0.1) is 0 Å². The van der Waals surface area contributed by atoms with Gasteiger partial charge in [-0.15, -0.1) is 11.3 Å². The number of halogens is 1. The molecule has 3 rings (SSSR count). The van der Waals surface area contributed by atoms with Crippen molar-refractivity contribution in [1.82, 2.24) is 9.97 Å². The van der Waals surface area contributed by atoms with E-state index >= 15 is 0 Å². The molecule has 0 aliphatic carbocycles. The maximum Gasteiger partial charge on any atom is 0.201 e. The van der Waals surface area contributed by atoms with Crippen molar-refractivity contribution in [2.24, 2.45) is 0 Å². The van der Waals surface area contributed by atoms with Crippen LogP contribution in [0.3, 0.4) is 0 Å². The highest BCUT2D eigenvalue weighted by Gasteiger charge is 2.11. The highest BCUT2D eigenvalue weighted by Crippen LogP contribution is 2.27. The number of H-pyrrole nitrogens is 1. The van der Waals surface area contributed by atoms with Crippen LogP contribution in [0.25, 0.3) is 11.0 Å². The summed E-state index contributed by atoms with van der Waals surface area (Å²) in [4.78, 5) is 8.38. The summed E-state index contributed by atoms with van der Waals surface area (Å²) >= 11 is 7.22. The summed E-state index contributed by atoms with van der Waals surface area (Å²) in [5.41, 5.74) is 1.87. The van der Waals surface area contributed by atoms with Crippen molar-refractivity contribution in [1.29, 1.82) is 0 Å². The number of thiophene rings is 1. The van der Waals surface area contributed by atoms with Gasteiger partial charge in [-0.05, 0) is 24.3 Å². The predicted octanol–water partition coefficient (Wildman–Crippen LogP) is 3.42. The van der Waals surface area contributed by atoms with Gasteiger partial charge in [0.25, 0.3) is 0 Å². The van der Waals surface area contributed by atoms with Gasteiger partial charge in [0.05, 0.1) is 15.4 Å². The standard InChI is InChI=1S/C13H12ClN3OS/c14-12-6-5-11(19-12)10(18)7-15-13-16-8-3-1-2-4-9(8)17-13/h1-6,10,18H,7H2,(H2,15,16,17). The van der Waals surface area contributed by atoms with E-state index in [0.29, 0.717) is 16.8 Å². The second-order valence-electron chi connectivity index (χ2n) is 4.14. The molecule has 0 spiro atoms. The molecule has 1 unspecified atom stereocenters. The first-order valence-corrected chi connectivity index (χ1v) is 7.04. The summed E-state index contributed by atoms with van der Waals surface area (Å²) < 4.78 is 0.679. The number of anilines is 1. The number of para-hydroxylation sites is 2. The summed E-state index contributed by atoms with van der Waals surface area (Å²) in [6, 6.07) is 11.4. The highest BCUT2D eigenvalue weighted by atomic mass is 35.5. The van der Waals surface area contributed by atoms with Crippen LogP contribution >= 0.6 is 22.9 Å². The minimum atomic E-state index is -0.592. The molecule has 3 aromatic rings. The van der Waals surface area contributed by atoms with E-state index in [1.807, 2.05) is 30.3 Å². The molecule has 1 aromatic carbocycles. The summed E-state index contributed by atoms with van der Waals surface area (Å²) in [6.07, 6.45) is -0.592. The van der Waals surface area contributed by atoms with Crippen molar-refractivity contribution in [3.63, 3.8) is 0 Å². The Balaban J connectivity index is 1.68. The Labute approximate surface area is 119 Å². The molecule has 2 heterocycles. The van der Waals surface area contributed by atoms with E-state index in [2.05, 4.69) is 15.3 Å². The number of imidazole rings is 1. The third kappa shape index (κ3) is 2.73. The molecule has 2 aromatic heterocycles. The molecule has 3 N–H and O–H groups in total. The van der Waals surface area contributed by atoms with Gasteiger partial charge in [-0.25, -0.2) is 4.98 Å². The lowest BCUT2D eigenvalue weighted by Crippen LogP contribution is -2.11. The van der Waals surface area contributed by atoms with E-state index in [1.54, 1.807) is 6.07 Å². The maximum atomic E-state index is 10.0. The van der Waals surface area contributed by atoms with Gasteiger partial charge in [0.15, 0.2) is 0 Å². The largest absolute Gasteiger partial charge is 0.386 e. The van der Waals surface area contributed by atoms with Gasteiger partial charge in [-0.3, -0.25) is 0 Å². The van der Waals surface area contributed by atoms with Gasteiger partial charge >= 0.3 is 0 Å². The van der Waals surface area contributed by atoms with Gasteiger partial charge in [0.2, 0.25) is 5.95 Å². The van der Waals surface area contributed by atoms with E-state index in [-0.39, 0.29) is 0 Å². The van der Waals surface area contributed by atoms with Gasteiger partial charge in [0.1, 0.15) is 6.10 Å². The van der Waals surface area contributed by atoms with Gasteiger partial charge in [0, 0.05) is 11.4 Å². The topological polar surface area (TPSA) is 60.9 Å². The minimum absolute atomic E-state index is 0.386. The molecule has 98 valence electrons. The molecular weight excluding hydrogens is 282 g/mol. The van der Waals surface area contributed by atoms with Crippen molar-refractivity contribution >= 4 is 39.9 Å². The van der Waals surface area contributed by atoms with E-state index in [0.717, 1.165) is 15.9 Å². The summed E-state index contributed by atoms with van der Waals surface area (Å²) in [5, 5.41) is 13.1. The SMILES string of the molecule is OC(CNc1nc2ccccc2[nH]1)c1ccc(Cl)s1. The third-order valence-electron chi connectivity index (χ3n) is 2.77. The molecule has 0 saturated carbocycles. The second kappa shape index (κ2) is 5.21. The lowest BCUT2D eigenvalue weighted by atomic mass is 10.3. The van der Waals surface area contributed by atoms with Crippen LogP contribution in [0.5, 0.6) is 0 Å². The smallest absolute Gasteiger partial charge is 0.201 e. The quantitative estimate of drug-likeness (QED) is 0.691. The van der Waals surface area contributed by atoms with E-state index < -0.39 is 6.10 Å². The molecular formula is C13H12ClN3OS. The Morgan fingerprint density at radius 3 is 2.89 bits per heavy atom. The molecule has 6 heteroatoms. The Morgan fingerprint density at radius 1 is 1.32 bits per heavy atom. The van der Waals surface area contributed by atoms with Crippen LogP contribution in [0.2, 0.25) is 4.34 Å². The number of nitrogens with one attached hydrogen (secondary N) is 2. The normalized spacial score (nSPS) is 12.7. The molecule has 1 atom stereocenters.